The number of amidine groups is 1. The first-order valence-corrected chi connectivity index (χ1v) is 9.84. The second-order valence-corrected chi connectivity index (χ2v) is 7.24. The predicted octanol–water partition coefficient (Wildman–Crippen LogP) is 2.63. The van der Waals surface area contributed by atoms with Crippen LogP contribution in [0.5, 0.6) is 0 Å². The summed E-state index contributed by atoms with van der Waals surface area (Å²) in [6, 6.07) is 1.96. The molecular formula is C21H25N7O2. The van der Waals surface area contributed by atoms with E-state index in [1.807, 2.05) is 13.0 Å². The molecule has 30 heavy (non-hydrogen) atoms. The molecule has 1 aliphatic rings. The van der Waals surface area contributed by atoms with E-state index in [4.69, 9.17) is 5.41 Å². The van der Waals surface area contributed by atoms with E-state index in [1.54, 1.807) is 30.4 Å². The van der Waals surface area contributed by atoms with Crippen molar-refractivity contribution in [3.8, 4) is 11.3 Å². The van der Waals surface area contributed by atoms with E-state index in [2.05, 4.69) is 25.3 Å². The van der Waals surface area contributed by atoms with Crippen LogP contribution in [0.3, 0.4) is 0 Å². The number of amides is 2. The Hall–Kier alpha value is -3.49. The molecular weight excluding hydrogens is 382 g/mol. The van der Waals surface area contributed by atoms with Crippen molar-refractivity contribution in [3.63, 3.8) is 0 Å². The minimum Gasteiger partial charge on any atom is -0.310 e. The van der Waals surface area contributed by atoms with Crippen molar-refractivity contribution < 1.29 is 9.59 Å². The lowest BCUT2D eigenvalue weighted by molar-refractivity contribution is -0.129. The molecule has 0 fully saturated rings. The zero-order valence-electron chi connectivity index (χ0n) is 17.2. The molecule has 0 radical (unpaired) electrons. The number of aromatic nitrogens is 3. The van der Waals surface area contributed by atoms with Gasteiger partial charge in [-0.1, -0.05) is 0 Å². The average Bonchev–Trinajstić information content (AvgIpc) is 2.72. The molecule has 0 atom stereocenters. The molecule has 0 aliphatic carbocycles. The summed E-state index contributed by atoms with van der Waals surface area (Å²) in [4.78, 5) is 43.4. The van der Waals surface area contributed by atoms with Crippen molar-refractivity contribution in [1.82, 2.24) is 19.9 Å². The molecule has 2 amide bonds. The van der Waals surface area contributed by atoms with Crippen molar-refractivity contribution in [2.75, 3.05) is 18.4 Å². The first-order chi connectivity index (χ1) is 14.4. The maximum atomic E-state index is 12.5. The number of hydrogen-bond acceptors (Lipinski definition) is 7. The monoisotopic (exact) mass is 407 g/mol. The van der Waals surface area contributed by atoms with Crippen LogP contribution < -0.4 is 5.32 Å². The Kier molecular flexibility index (Phi) is 6.95. The van der Waals surface area contributed by atoms with E-state index < -0.39 is 0 Å². The van der Waals surface area contributed by atoms with Gasteiger partial charge in [-0.05, 0) is 31.9 Å². The van der Waals surface area contributed by atoms with Crippen LogP contribution in [-0.4, -0.2) is 56.3 Å². The second kappa shape index (κ2) is 9.82. The fraction of sp³-hybridized carbons (Fsp3) is 0.381. The third-order valence-corrected chi connectivity index (χ3v) is 4.53. The number of aryl methyl sites for hydroxylation is 1. The summed E-state index contributed by atoms with van der Waals surface area (Å²) < 4.78 is 0. The highest BCUT2D eigenvalue weighted by molar-refractivity contribution is 6.08. The molecule has 0 spiro atoms. The van der Waals surface area contributed by atoms with Gasteiger partial charge in [-0.3, -0.25) is 24.5 Å². The zero-order valence-corrected chi connectivity index (χ0v) is 17.2. The summed E-state index contributed by atoms with van der Waals surface area (Å²) in [7, 11) is 0. The molecule has 0 unspecified atom stereocenters. The van der Waals surface area contributed by atoms with Gasteiger partial charge < -0.3 is 15.6 Å². The van der Waals surface area contributed by atoms with Crippen molar-refractivity contribution in [3.05, 3.63) is 36.4 Å². The zero-order chi connectivity index (χ0) is 21.5. The molecule has 2 N–H and O–H groups in total. The topological polar surface area (TPSA) is 124 Å². The van der Waals surface area contributed by atoms with Gasteiger partial charge in [0, 0.05) is 56.0 Å². The first kappa shape index (κ1) is 21.2. The smallest absolute Gasteiger partial charge is 0.228 e. The van der Waals surface area contributed by atoms with Gasteiger partial charge in [0.05, 0.1) is 18.1 Å². The second-order valence-electron chi connectivity index (χ2n) is 7.24. The molecule has 0 saturated heterocycles. The van der Waals surface area contributed by atoms with Gasteiger partial charge >= 0.3 is 0 Å². The van der Waals surface area contributed by atoms with Gasteiger partial charge in [-0.2, -0.15) is 0 Å². The highest BCUT2D eigenvalue weighted by atomic mass is 16.2. The van der Waals surface area contributed by atoms with Crippen LogP contribution in [-0.2, 0) is 9.59 Å². The minimum atomic E-state index is -0.304. The van der Waals surface area contributed by atoms with Crippen LogP contribution in [0.4, 0.5) is 5.82 Å². The quantitative estimate of drug-likeness (QED) is 0.683. The highest BCUT2D eigenvalue weighted by Gasteiger charge is 2.22. The van der Waals surface area contributed by atoms with Gasteiger partial charge in [0.1, 0.15) is 5.84 Å². The van der Waals surface area contributed by atoms with Gasteiger partial charge in [0.25, 0.3) is 0 Å². The van der Waals surface area contributed by atoms with Crippen LogP contribution in [0.1, 0.15) is 38.2 Å². The maximum absolute atomic E-state index is 12.5. The summed E-state index contributed by atoms with van der Waals surface area (Å²) in [6.07, 6.45) is 7.79. The summed E-state index contributed by atoms with van der Waals surface area (Å²) in [5, 5.41) is 10.3. The summed E-state index contributed by atoms with van der Waals surface area (Å²) in [5.74, 6) is 0.488. The molecule has 0 saturated carbocycles. The summed E-state index contributed by atoms with van der Waals surface area (Å²) >= 11 is 0. The summed E-state index contributed by atoms with van der Waals surface area (Å²) in [6.45, 7) is 4.88. The van der Waals surface area contributed by atoms with E-state index in [0.29, 0.717) is 42.6 Å². The van der Waals surface area contributed by atoms with Gasteiger partial charge in [0.2, 0.25) is 11.8 Å². The van der Waals surface area contributed by atoms with Crippen molar-refractivity contribution in [1.29, 1.82) is 5.41 Å². The number of carbonyl (C=O) groups is 2. The number of nitrogens with zero attached hydrogens (tertiary/aromatic N) is 5. The van der Waals surface area contributed by atoms with Gasteiger partial charge in [-0.15, -0.1) is 0 Å². The molecule has 1 aliphatic heterocycles. The number of rotatable bonds is 7. The number of hydrogen-bond donors (Lipinski definition) is 2. The number of nitrogens with one attached hydrogen (secondary N) is 2. The van der Waals surface area contributed by atoms with E-state index in [9.17, 15) is 9.59 Å². The van der Waals surface area contributed by atoms with Crippen LogP contribution in [0.2, 0.25) is 0 Å². The van der Waals surface area contributed by atoms with E-state index >= 15 is 0 Å². The first-order valence-electron chi connectivity index (χ1n) is 9.84. The maximum Gasteiger partial charge on any atom is 0.228 e. The van der Waals surface area contributed by atoms with Crippen LogP contribution in [0, 0.1) is 12.3 Å². The largest absolute Gasteiger partial charge is 0.310 e. The number of anilines is 1. The fourth-order valence-corrected chi connectivity index (χ4v) is 3.11. The molecule has 3 rings (SSSR count). The third kappa shape index (κ3) is 5.76. The van der Waals surface area contributed by atoms with Gasteiger partial charge in [0.15, 0.2) is 5.82 Å². The molecule has 0 bridgehead atoms. The highest BCUT2D eigenvalue weighted by Crippen LogP contribution is 2.17. The Morgan fingerprint density at radius 3 is 2.70 bits per heavy atom. The summed E-state index contributed by atoms with van der Waals surface area (Å²) in [5.41, 5.74) is 2.99. The Balaban J connectivity index is 1.53. The average molecular weight is 407 g/mol. The van der Waals surface area contributed by atoms with Crippen LogP contribution >= 0.6 is 0 Å². The minimum absolute atomic E-state index is 0.0391. The van der Waals surface area contributed by atoms with Crippen molar-refractivity contribution in [2.24, 2.45) is 4.99 Å². The van der Waals surface area contributed by atoms with E-state index in [1.165, 1.54) is 6.20 Å². The SMILES string of the molecule is CC(=N)CC1=NCCCN1C(=O)CCC(=O)Nc1cnc(-c2cncc(C)c2)cn1. The van der Waals surface area contributed by atoms with Crippen LogP contribution in [0.25, 0.3) is 11.3 Å². The standard InChI is InChI=1S/C21H25N7O2/c1-14-8-16(11-23-10-14)17-12-26-18(13-25-17)27-20(29)4-5-21(30)28-7-3-6-24-19(28)9-15(2)22/h8,10-13,22H,3-7,9H2,1-2H3,(H,26,27,29). The third-order valence-electron chi connectivity index (χ3n) is 4.53. The molecule has 2 aromatic heterocycles. The Morgan fingerprint density at radius 1 is 1.17 bits per heavy atom. The molecule has 9 heteroatoms. The number of pyridine rings is 1. The number of aliphatic imine (C=N–C) groups is 1. The Labute approximate surface area is 175 Å². The lowest BCUT2D eigenvalue weighted by Gasteiger charge is -2.27. The van der Waals surface area contributed by atoms with Crippen molar-refractivity contribution in [2.45, 2.75) is 39.5 Å². The number of carbonyl (C=O) groups excluding carboxylic acids is 2. The van der Waals surface area contributed by atoms with Gasteiger partial charge in [-0.25, -0.2) is 4.98 Å². The molecule has 9 nitrogen and oxygen atoms in total. The lowest BCUT2D eigenvalue weighted by atomic mass is 10.1. The Bertz CT molecular complexity index is 970. The Morgan fingerprint density at radius 2 is 2.00 bits per heavy atom. The lowest BCUT2D eigenvalue weighted by Crippen LogP contribution is -2.41. The molecule has 3 heterocycles. The van der Waals surface area contributed by atoms with Crippen LogP contribution in [0.15, 0.2) is 35.8 Å². The van der Waals surface area contributed by atoms with Crippen molar-refractivity contribution >= 4 is 29.2 Å². The molecule has 0 aromatic carbocycles. The van der Waals surface area contributed by atoms with E-state index in [-0.39, 0.29) is 24.7 Å². The fourth-order valence-electron chi connectivity index (χ4n) is 3.11. The van der Waals surface area contributed by atoms with E-state index in [0.717, 1.165) is 17.5 Å². The normalized spacial score (nSPS) is 13.5. The molecule has 156 valence electrons. The molecule has 2 aromatic rings. The predicted molar refractivity (Wildman–Crippen MR) is 115 cm³/mol.